The molecule has 1 aliphatic carbocycles. The van der Waals surface area contributed by atoms with Crippen LogP contribution < -0.4 is 5.32 Å². The van der Waals surface area contributed by atoms with Gasteiger partial charge in [0.2, 0.25) is 5.91 Å². The van der Waals surface area contributed by atoms with Crippen molar-refractivity contribution in [2.24, 2.45) is 5.92 Å². The van der Waals surface area contributed by atoms with Crippen LogP contribution in [0.1, 0.15) is 58.9 Å². The van der Waals surface area contributed by atoms with Gasteiger partial charge in [-0.05, 0) is 66.0 Å². The highest BCUT2D eigenvalue weighted by atomic mass is 16.5. The third-order valence-electron chi connectivity index (χ3n) is 7.23. The molecule has 0 radical (unpaired) electrons. The smallest absolute Gasteiger partial charge is 0.408 e. The van der Waals surface area contributed by atoms with Crippen molar-refractivity contribution in [1.82, 2.24) is 15.1 Å². The Morgan fingerprint density at radius 2 is 1.94 bits per heavy atom. The molecule has 178 valence electrons. The van der Waals surface area contributed by atoms with E-state index >= 15 is 0 Å². The topological polar surface area (TPSA) is 82.1 Å². The number of nitrogens with one attached hydrogen (secondary N) is 1. The molecule has 7 heteroatoms. The zero-order valence-electron chi connectivity index (χ0n) is 20.1. The lowest BCUT2D eigenvalue weighted by molar-refractivity contribution is -0.137. The summed E-state index contributed by atoms with van der Waals surface area (Å²) in [4.78, 5) is 29.7. The van der Waals surface area contributed by atoms with Crippen molar-refractivity contribution < 1.29 is 19.4 Å². The zero-order chi connectivity index (χ0) is 23.5. The summed E-state index contributed by atoms with van der Waals surface area (Å²) in [5.74, 6) is -0.0910. The lowest BCUT2D eigenvalue weighted by Crippen LogP contribution is -2.56. The van der Waals surface area contributed by atoms with E-state index in [1.54, 1.807) is 0 Å². The normalized spacial score (nSPS) is 26.6. The molecule has 1 saturated carbocycles. The maximum Gasteiger partial charge on any atom is 0.408 e. The van der Waals surface area contributed by atoms with E-state index in [9.17, 15) is 14.7 Å². The second-order valence-corrected chi connectivity index (χ2v) is 10.1. The van der Waals surface area contributed by atoms with Crippen LogP contribution in [0.2, 0.25) is 0 Å². The minimum absolute atomic E-state index is 0.0183. The van der Waals surface area contributed by atoms with Gasteiger partial charge in [0.25, 0.3) is 0 Å². The fourth-order valence-corrected chi connectivity index (χ4v) is 5.13. The molecule has 0 aromatic heterocycles. The van der Waals surface area contributed by atoms with Crippen molar-refractivity contribution in [1.29, 1.82) is 0 Å². The first-order chi connectivity index (χ1) is 15.1. The molecular formula is C25H39N3O4. The van der Waals surface area contributed by atoms with Crippen molar-refractivity contribution in [2.45, 2.75) is 89.8 Å². The molecule has 1 aromatic rings. The Balaban J connectivity index is 1.60. The van der Waals surface area contributed by atoms with E-state index in [-0.39, 0.29) is 24.5 Å². The van der Waals surface area contributed by atoms with E-state index in [0.29, 0.717) is 25.0 Å². The molecule has 2 fully saturated rings. The Morgan fingerprint density at radius 3 is 2.56 bits per heavy atom. The summed E-state index contributed by atoms with van der Waals surface area (Å²) in [5.41, 5.74) is 0.0137. The van der Waals surface area contributed by atoms with E-state index in [1.165, 1.54) is 0 Å². The van der Waals surface area contributed by atoms with Crippen molar-refractivity contribution in [3.05, 3.63) is 35.9 Å². The molecule has 1 aliphatic heterocycles. The van der Waals surface area contributed by atoms with Gasteiger partial charge in [-0.25, -0.2) is 4.79 Å². The maximum absolute atomic E-state index is 13.2. The first-order valence-corrected chi connectivity index (χ1v) is 11.8. The number of alkyl carbamates (subject to hydrolysis) is 1. The fraction of sp³-hybridized carbons (Fsp3) is 0.680. The number of aliphatic hydroxyl groups is 1. The van der Waals surface area contributed by atoms with E-state index in [4.69, 9.17) is 4.74 Å². The number of likely N-dealkylation sites (tertiary alicyclic amines) is 1. The van der Waals surface area contributed by atoms with Gasteiger partial charge in [-0.3, -0.25) is 4.79 Å². The van der Waals surface area contributed by atoms with E-state index < -0.39 is 17.7 Å². The van der Waals surface area contributed by atoms with E-state index in [1.807, 2.05) is 49.1 Å². The third kappa shape index (κ3) is 5.81. The molecule has 0 spiro atoms. The molecule has 2 amide bonds. The highest BCUT2D eigenvalue weighted by molar-refractivity contribution is 5.87. The molecule has 4 atom stereocenters. The van der Waals surface area contributed by atoms with Crippen LogP contribution in [0.4, 0.5) is 4.79 Å². The minimum Gasteiger partial charge on any atom is -0.445 e. The Bertz CT molecular complexity index is 777. The number of ether oxygens (including phenoxy) is 1. The largest absolute Gasteiger partial charge is 0.445 e. The SMILES string of the molecule is CC(C)N(C)[C@@H]1CC[C@H](N2CC[C@H](NC(=O)OCc3ccccc3)C2=O)[C@H](C(C)(C)O)C1. The van der Waals surface area contributed by atoms with Gasteiger partial charge in [0.1, 0.15) is 12.6 Å². The minimum atomic E-state index is -0.887. The van der Waals surface area contributed by atoms with Gasteiger partial charge >= 0.3 is 6.09 Å². The molecule has 3 rings (SSSR count). The molecule has 32 heavy (non-hydrogen) atoms. The van der Waals surface area contributed by atoms with Crippen molar-refractivity contribution in [3.63, 3.8) is 0 Å². The lowest BCUT2D eigenvalue weighted by Gasteiger charge is -2.48. The highest BCUT2D eigenvalue weighted by Gasteiger charge is 2.47. The molecular weight excluding hydrogens is 406 g/mol. The van der Waals surface area contributed by atoms with Gasteiger partial charge in [0, 0.05) is 30.6 Å². The van der Waals surface area contributed by atoms with Gasteiger partial charge in [-0.2, -0.15) is 0 Å². The fourth-order valence-electron chi connectivity index (χ4n) is 5.13. The maximum atomic E-state index is 13.2. The number of hydrogen-bond donors (Lipinski definition) is 2. The van der Waals surface area contributed by atoms with Crippen molar-refractivity contribution in [3.8, 4) is 0 Å². The summed E-state index contributed by atoms with van der Waals surface area (Å²) in [7, 11) is 2.14. The average Bonchev–Trinajstić information content (AvgIpc) is 3.11. The standard InChI is InChI=1S/C25H39N3O4/c1-17(2)27(5)19-11-12-22(20(15-19)25(3,4)31)28-14-13-21(23(28)29)26-24(30)32-16-18-9-7-6-8-10-18/h6-10,17,19-22,31H,11-16H2,1-5H3,(H,26,30)/t19-,20-,21+,22+/m1/s1. The van der Waals surface area contributed by atoms with Crippen LogP contribution in [0, 0.1) is 5.92 Å². The van der Waals surface area contributed by atoms with Gasteiger partial charge in [-0.1, -0.05) is 30.3 Å². The van der Waals surface area contributed by atoms with Gasteiger partial charge in [0.05, 0.1) is 5.60 Å². The molecule has 2 aliphatic rings. The van der Waals surface area contributed by atoms with Gasteiger partial charge in [0.15, 0.2) is 0 Å². The Hall–Kier alpha value is -2.12. The van der Waals surface area contributed by atoms with Crippen molar-refractivity contribution >= 4 is 12.0 Å². The van der Waals surface area contributed by atoms with Crippen LogP contribution in [0.15, 0.2) is 30.3 Å². The first-order valence-electron chi connectivity index (χ1n) is 11.8. The number of carbonyl (C=O) groups excluding carboxylic acids is 2. The number of benzene rings is 1. The summed E-state index contributed by atoms with van der Waals surface area (Å²) in [5, 5.41) is 13.7. The summed E-state index contributed by atoms with van der Waals surface area (Å²) in [6.07, 6.45) is 2.68. The second kappa shape index (κ2) is 10.2. The third-order valence-corrected chi connectivity index (χ3v) is 7.23. The summed E-state index contributed by atoms with van der Waals surface area (Å²) < 4.78 is 5.29. The lowest BCUT2D eigenvalue weighted by atomic mass is 9.72. The summed E-state index contributed by atoms with van der Waals surface area (Å²) >= 11 is 0. The second-order valence-electron chi connectivity index (χ2n) is 10.1. The molecule has 1 heterocycles. The number of hydrogen-bond acceptors (Lipinski definition) is 5. The Labute approximate surface area is 192 Å². The number of rotatable bonds is 7. The van der Waals surface area contributed by atoms with Crippen LogP contribution in [-0.4, -0.2) is 70.3 Å². The predicted octanol–water partition coefficient (Wildman–Crippen LogP) is 3.16. The van der Waals surface area contributed by atoms with Crippen LogP contribution in [0.25, 0.3) is 0 Å². The predicted molar refractivity (Wildman–Crippen MR) is 124 cm³/mol. The molecule has 7 nitrogen and oxygen atoms in total. The van der Waals surface area contributed by atoms with E-state index in [2.05, 4.69) is 31.1 Å². The summed E-state index contributed by atoms with van der Waals surface area (Å²) in [6, 6.07) is 9.70. The van der Waals surface area contributed by atoms with Crippen LogP contribution in [0.5, 0.6) is 0 Å². The van der Waals surface area contributed by atoms with Crippen LogP contribution in [0.3, 0.4) is 0 Å². The summed E-state index contributed by atoms with van der Waals surface area (Å²) in [6.45, 7) is 8.82. The quantitative estimate of drug-likeness (QED) is 0.674. The van der Waals surface area contributed by atoms with Gasteiger partial charge in [-0.15, -0.1) is 0 Å². The monoisotopic (exact) mass is 445 g/mol. The van der Waals surface area contributed by atoms with Crippen LogP contribution >= 0.6 is 0 Å². The van der Waals surface area contributed by atoms with E-state index in [0.717, 1.165) is 24.8 Å². The van der Waals surface area contributed by atoms with Crippen LogP contribution in [-0.2, 0) is 16.1 Å². The number of carbonyl (C=O) groups is 2. The Kier molecular flexibility index (Phi) is 7.83. The first kappa shape index (κ1) is 24.5. The molecule has 1 saturated heterocycles. The number of nitrogens with zero attached hydrogens (tertiary/aromatic N) is 2. The van der Waals surface area contributed by atoms with Crippen molar-refractivity contribution in [2.75, 3.05) is 13.6 Å². The Morgan fingerprint density at radius 1 is 1.25 bits per heavy atom. The molecule has 0 unspecified atom stereocenters. The molecule has 2 N–H and O–H groups in total. The zero-order valence-corrected chi connectivity index (χ0v) is 20.1. The number of amides is 2. The highest BCUT2D eigenvalue weighted by Crippen LogP contribution is 2.39. The molecule has 0 bridgehead atoms. The molecule has 1 aromatic carbocycles. The average molecular weight is 446 g/mol. The van der Waals surface area contributed by atoms with Gasteiger partial charge < -0.3 is 25.0 Å².